The van der Waals surface area contributed by atoms with Gasteiger partial charge >= 0.3 is 0 Å². The third-order valence-electron chi connectivity index (χ3n) is 8.67. The molecule has 0 aliphatic carbocycles. The summed E-state index contributed by atoms with van der Waals surface area (Å²) < 4.78 is 12.3. The molecular weight excluding hydrogens is 534 g/mol. The number of anilines is 2. The number of nitrogens with zero attached hydrogens (tertiary/aromatic N) is 1. The Morgan fingerprint density at radius 3 is 2.52 bits per heavy atom. The summed E-state index contributed by atoms with van der Waals surface area (Å²) in [5.41, 5.74) is -0.177. The summed E-state index contributed by atoms with van der Waals surface area (Å²) in [5, 5.41) is 15.9. The van der Waals surface area contributed by atoms with Crippen LogP contribution in [0.5, 0.6) is 5.75 Å². The molecule has 0 aromatic heterocycles. The number of aryl methyl sites for hydroxylation is 1. The van der Waals surface area contributed by atoms with Gasteiger partial charge < -0.3 is 30.1 Å². The Balaban J connectivity index is 1.49. The van der Waals surface area contributed by atoms with Crippen LogP contribution in [0.2, 0.25) is 5.02 Å². The molecule has 3 aliphatic heterocycles. The zero-order chi connectivity index (χ0) is 28.7. The second kappa shape index (κ2) is 11.0. The van der Waals surface area contributed by atoms with Gasteiger partial charge in [-0.2, -0.15) is 0 Å². The quantitative estimate of drug-likeness (QED) is 0.395. The molecule has 0 saturated carbocycles. The molecule has 40 heavy (non-hydrogen) atoms. The Labute approximate surface area is 239 Å². The summed E-state index contributed by atoms with van der Waals surface area (Å²) in [4.78, 5) is 43.5. The summed E-state index contributed by atoms with van der Waals surface area (Å²) in [6.07, 6.45) is 1.84. The van der Waals surface area contributed by atoms with E-state index in [1.54, 1.807) is 36.4 Å². The molecule has 3 N–H and O–H groups in total. The maximum atomic E-state index is 14.1. The smallest absolute Gasteiger partial charge is 0.250 e. The van der Waals surface area contributed by atoms with Crippen molar-refractivity contribution in [2.45, 2.75) is 63.7 Å². The zero-order valence-electron chi connectivity index (χ0n) is 23.0. The van der Waals surface area contributed by atoms with Gasteiger partial charge in [0.1, 0.15) is 17.4 Å². The minimum absolute atomic E-state index is 0.138. The van der Waals surface area contributed by atoms with E-state index in [0.29, 0.717) is 54.4 Å². The minimum Gasteiger partial charge on any atom is -0.494 e. The number of rotatable bonds is 10. The number of hydrogen-bond acceptors (Lipinski definition) is 6. The van der Waals surface area contributed by atoms with E-state index in [1.807, 2.05) is 26.8 Å². The van der Waals surface area contributed by atoms with Crippen molar-refractivity contribution in [1.29, 1.82) is 0 Å². The number of fused-ring (bicyclic) bond motifs is 1. The van der Waals surface area contributed by atoms with Crippen LogP contribution in [0.15, 0.2) is 42.5 Å². The normalized spacial score (nSPS) is 28.5. The molecule has 9 nitrogen and oxygen atoms in total. The average Bonchev–Trinajstić information content (AvgIpc) is 3.54. The highest BCUT2D eigenvalue weighted by Crippen LogP contribution is 2.64. The topological polar surface area (TPSA) is 117 Å². The fourth-order valence-electron chi connectivity index (χ4n) is 6.90. The van der Waals surface area contributed by atoms with Gasteiger partial charge in [-0.05, 0) is 75.4 Å². The van der Waals surface area contributed by atoms with E-state index in [-0.39, 0.29) is 25.0 Å². The maximum absolute atomic E-state index is 14.1. The Morgan fingerprint density at radius 2 is 1.88 bits per heavy atom. The van der Waals surface area contributed by atoms with Crippen LogP contribution in [0.3, 0.4) is 0 Å². The second-order valence-electron chi connectivity index (χ2n) is 10.8. The van der Waals surface area contributed by atoms with Crippen LogP contribution in [-0.2, 0) is 19.1 Å². The molecule has 0 radical (unpaired) electrons. The first kappa shape index (κ1) is 28.4. The number of amides is 3. The number of hydrogen-bond donors (Lipinski definition) is 3. The predicted molar refractivity (Wildman–Crippen MR) is 151 cm³/mol. The van der Waals surface area contributed by atoms with E-state index in [0.717, 1.165) is 5.56 Å². The number of para-hydroxylation sites is 1. The first-order valence-corrected chi connectivity index (χ1v) is 14.3. The molecule has 3 heterocycles. The molecule has 214 valence electrons. The van der Waals surface area contributed by atoms with Crippen molar-refractivity contribution in [1.82, 2.24) is 4.90 Å². The average molecular weight is 570 g/mol. The van der Waals surface area contributed by atoms with Gasteiger partial charge in [0.15, 0.2) is 0 Å². The fraction of sp³-hybridized carbons (Fsp3) is 0.500. The summed E-state index contributed by atoms with van der Waals surface area (Å²) in [5.74, 6) is -1.93. The van der Waals surface area contributed by atoms with Gasteiger partial charge in [-0.3, -0.25) is 14.4 Å². The van der Waals surface area contributed by atoms with Crippen molar-refractivity contribution in [3.8, 4) is 5.75 Å². The van der Waals surface area contributed by atoms with E-state index in [4.69, 9.17) is 21.1 Å². The highest BCUT2D eigenvalue weighted by atomic mass is 35.5. The van der Waals surface area contributed by atoms with Crippen molar-refractivity contribution in [3.63, 3.8) is 0 Å². The second-order valence-corrected chi connectivity index (χ2v) is 11.2. The van der Waals surface area contributed by atoms with Crippen molar-refractivity contribution < 1.29 is 29.0 Å². The van der Waals surface area contributed by atoms with E-state index < -0.39 is 35.0 Å². The molecule has 3 amide bonds. The van der Waals surface area contributed by atoms with Gasteiger partial charge in [-0.1, -0.05) is 30.7 Å². The first-order valence-electron chi connectivity index (χ1n) is 13.9. The molecule has 5 atom stereocenters. The number of halogens is 1. The summed E-state index contributed by atoms with van der Waals surface area (Å²) in [6, 6.07) is 11.5. The van der Waals surface area contributed by atoms with Gasteiger partial charge in [0, 0.05) is 18.8 Å². The highest BCUT2D eigenvalue weighted by molar-refractivity contribution is 6.34. The Hall–Kier alpha value is -3.14. The Bertz CT molecular complexity index is 1280. The van der Waals surface area contributed by atoms with Gasteiger partial charge in [0.2, 0.25) is 17.7 Å². The molecule has 2 aromatic carbocycles. The lowest BCUT2D eigenvalue weighted by molar-refractivity contribution is -0.144. The number of carbonyl (C=O) groups is 3. The third-order valence-corrected chi connectivity index (χ3v) is 8.99. The number of aliphatic hydroxyl groups excluding tert-OH is 1. The Kier molecular flexibility index (Phi) is 7.83. The van der Waals surface area contributed by atoms with Crippen LogP contribution in [0.4, 0.5) is 11.4 Å². The standard InChI is InChI=1S/C30H36ClN3O6/c1-4-29-14-15-30(40-29)23(22(29)26(36)32-19-10-12-20(13-11-19)39-5-2)28(38)34(16-7-17-35)25(30)27(37)33-24-18(3)8-6-9-21(24)31/h6,8-13,22-23,25,35H,4-5,7,14-17H2,1-3H3,(H,32,36)(H,33,37)/t22-,23-,25?,29+,30?/m0/s1. The molecule has 3 saturated heterocycles. The highest BCUT2D eigenvalue weighted by Gasteiger charge is 2.78. The number of benzene rings is 2. The van der Waals surface area contributed by atoms with Crippen molar-refractivity contribution in [2.24, 2.45) is 11.8 Å². The number of likely N-dealkylation sites (tertiary alicyclic amines) is 1. The Morgan fingerprint density at radius 1 is 1.12 bits per heavy atom. The van der Waals surface area contributed by atoms with E-state index in [2.05, 4.69) is 10.6 Å². The number of aliphatic hydroxyl groups is 1. The molecular formula is C30H36ClN3O6. The van der Waals surface area contributed by atoms with E-state index in [9.17, 15) is 19.5 Å². The summed E-state index contributed by atoms with van der Waals surface area (Å²) >= 11 is 6.41. The lowest BCUT2D eigenvalue weighted by Gasteiger charge is -2.34. The molecule has 5 rings (SSSR count). The molecule has 2 bridgehead atoms. The van der Waals surface area contributed by atoms with Gasteiger partial charge in [-0.15, -0.1) is 0 Å². The zero-order valence-corrected chi connectivity index (χ0v) is 23.8. The minimum atomic E-state index is -1.16. The van der Waals surface area contributed by atoms with Crippen LogP contribution < -0.4 is 15.4 Å². The lowest BCUT2D eigenvalue weighted by Crippen LogP contribution is -2.53. The number of carbonyl (C=O) groups excluding carboxylic acids is 3. The van der Waals surface area contributed by atoms with Crippen LogP contribution in [-0.4, -0.2) is 64.7 Å². The molecule has 2 aromatic rings. The lowest BCUT2D eigenvalue weighted by atomic mass is 9.65. The number of ether oxygens (including phenoxy) is 2. The molecule has 3 fully saturated rings. The van der Waals surface area contributed by atoms with Crippen molar-refractivity contribution in [2.75, 3.05) is 30.4 Å². The molecule has 3 aliphatic rings. The van der Waals surface area contributed by atoms with E-state index >= 15 is 0 Å². The summed E-state index contributed by atoms with van der Waals surface area (Å²) in [6.45, 7) is 6.26. The largest absolute Gasteiger partial charge is 0.494 e. The van der Waals surface area contributed by atoms with E-state index in [1.165, 1.54) is 4.90 Å². The van der Waals surface area contributed by atoms with Crippen LogP contribution in [0, 0.1) is 18.8 Å². The summed E-state index contributed by atoms with van der Waals surface area (Å²) in [7, 11) is 0. The third kappa shape index (κ3) is 4.54. The maximum Gasteiger partial charge on any atom is 0.250 e. The molecule has 10 heteroatoms. The van der Waals surface area contributed by atoms with Gasteiger partial charge in [-0.25, -0.2) is 0 Å². The van der Waals surface area contributed by atoms with Crippen molar-refractivity contribution >= 4 is 40.7 Å². The van der Waals surface area contributed by atoms with Crippen LogP contribution in [0.25, 0.3) is 0 Å². The van der Waals surface area contributed by atoms with Gasteiger partial charge in [0.05, 0.1) is 34.8 Å². The first-order chi connectivity index (χ1) is 19.2. The SMILES string of the molecule is CCOc1ccc(NC(=O)[C@@H]2[C@H]3C(=O)N(CCCO)C(C(=O)Nc4c(C)cccc4Cl)C34CC[C@@]2(CC)O4)cc1. The predicted octanol–water partition coefficient (Wildman–Crippen LogP) is 4.16. The number of nitrogens with one attached hydrogen (secondary N) is 2. The molecule has 2 unspecified atom stereocenters. The van der Waals surface area contributed by atoms with Crippen molar-refractivity contribution in [3.05, 3.63) is 53.1 Å². The van der Waals surface area contributed by atoms with Crippen LogP contribution >= 0.6 is 11.6 Å². The van der Waals surface area contributed by atoms with Gasteiger partial charge in [0.25, 0.3) is 0 Å². The fourth-order valence-corrected chi connectivity index (χ4v) is 7.17. The van der Waals surface area contributed by atoms with Crippen LogP contribution in [0.1, 0.15) is 45.1 Å². The molecule has 1 spiro atoms. The monoisotopic (exact) mass is 569 g/mol.